The van der Waals surface area contributed by atoms with Gasteiger partial charge in [0.25, 0.3) is 5.89 Å². The first-order valence-electron chi connectivity index (χ1n) is 5.46. The van der Waals surface area contributed by atoms with E-state index in [1.807, 2.05) is 30.3 Å². The molecule has 0 spiro atoms. The average Bonchev–Trinajstić information content (AvgIpc) is 3.09. The molecule has 0 atom stereocenters. The predicted octanol–water partition coefficient (Wildman–Crippen LogP) is 3.16. The molecule has 2 heterocycles. The van der Waals surface area contributed by atoms with Gasteiger partial charge >= 0.3 is 5.97 Å². The molecule has 1 N–H and O–H groups in total. The fraction of sp³-hybridized carbons (Fsp3) is 0. The number of aromatic carboxylic acids is 1. The molecule has 0 saturated carbocycles. The van der Waals surface area contributed by atoms with Crippen LogP contribution in [-0.2, 0) is 0 Å². The lowest BCUT2D eigenvalue weighted by Crippen LogP contribution is -1.89. The van der Waals surface area contributed by atoms with Gasteiger partial charge in [-0.15, -0.1) is 11.3 Å². The summed E-state index contributed by atoms with van der Waals surface area (Å²) in [6.07, 6.45) is 0. The van der Waals surface area contributed by atoms with Gasteiger partial charge in [-0.3, -0.25) is 0 Å². The van der Waals surface area contributed by atoms with Crippen molar-refractivity contribution in [2.75, 3.05) is 0 Å². The summed E-state index contributed by atoms with van der Waals surface area (Å²) in [5, 5.41) is 12.7. The van der Waals surface area contributed by atoms with Crippen LogP contribution in [-0.4, -0.2) is 21.2 Å². The van der Waals surface area contributed by atoms with Crippen LogP contribution in [0.4, 0.5) is 0 Å². The Morgan fingerprint density at radius 3 is 2.63 bits per heavy atom. The summed E-state index contributed by atoms with van der Waals surface area (Å²) in [6, 6.07) is 12.6. The number of hydrogen-bond acceptors (Lipinski definition) is 5. The van der Waals surface area contributed by atoms with Crippen molar-refractivity contribution in [2.45, 2.75) is 0 Å². The van der Waals surface area contributed by atoms with Gasteiger partial charge in [0, 0.05) is 5.56 Å². The molecular weight excluding hydrogens is 264 g/mol. The molecule has 0 aliphatic rings. The number of carboxylic acid groups (broad SMARTS) is 1. The zero-order chi connectivity index (χ0) is 13.2. The van der Waals surface area contributed by atoms with E-state index in [0.717, 1.165) is 16.9 Å². The Morgan fingerprint density at radius 2 is 1.95 bits per heavy atom. The lowest BCUT2D eigenvalue weighted by atomic mass is 10.2. The molecule has 0 aliphatic heterocycles. The number of benzene rings is 1. The molecule has 1 aromatic carbocycles. The second-order valence-electron chi connectivity index (χ2n) is 3.76. The van der Waals surface area contributed by atoms with Crippen LogP contribution >= 0.6 is 11.3 Å². The molecule has 3 aromatic rings. The number of carboxylic acids is 1. The Balaban J connectivity index is 1.94. The lowest BCUT2D eigenvalue weighted by molar-refractivity contribution is 0.0702. The normalized spacial score (nSPS) is 10.5. The highest BCUT2D eigenvalue weighted by molar-refractivity contribution is 7.17. The third kappa shape index (κ3) is 2.25. The SMILES string of the molecule is O=C(O)c1ccc(-c2noc(-c3ccccc3)n2)s1. The van der Waals surface area contributed by atoms with Gasteiger partial charge in [-0.25, -0.2) is 4.79 Å². The Bertz CT molecular complexity index is 718. The summed E-state index contributed by atoms with van der Waals surface area (Å²) >= 11 is 1.12. The van der Waals surface area contributed by atoms with Crippen LogP contribution in [0.3, 0.4) is 0 Å². The Labute approximate surface area is 112 Å². The molecule has 0 radical (unpaired) electrons. The molecule has 0 fully saturated rings. The van der Waals surface area contributed by atoms with Crippen molar-refractivity contribution in [2.24, 2.45) is 0 Å². The smallest absolute Gasteiger partial charge is 0.345 e. The highest BCUT2D eigenvalue weighted by atomic mass is 32.1. The minimum Gasteiger partial charge on any atom is -0.477 e. The molecule has 0 saturated heterocycles. The topological polar surface area (TPSA) is 76.2 Å². The standard InChI is InChI=1S/C13H8N2O3S/c16-13(17)10-7-6-9(19-10)11-14-12(18-15-11)8-4-2-1-3-5-8/h1-7H,(H,16,17). The van der Waals surface area contributed by atoms with Crippen molar-refractivity contribution in [1.29, 1.82) is 0 Å². The number of carbonyl (C=O) groups is 1. The molecule has 0 amide bonds. The number of aromatic nitrogens is 2. The largest absolute Gasteiger partial charge is 0.477 e. The zero-order valence-electron chi connectivity index (χ0n) is 9.61. The van der Waals surface area contributed by atoms with E-state index in [1.54, 1.807) is 6.07 Å². The van der Waals surface area contributed by atoms with E-state index in [4.69, 9.17) is 9.63 Å². The first-order chi connectivity index (χ1) is 9.24. The maximum absolute atomic E-state index is 10.8. The lowest BCUT2D eigenvalue weighted by Gasteiger charge is -1.90. The second kappa shape index (κ2) is 4.66. The number of nitrogens with zero attached hydrogens (tertiary/aromatic N) is 2. The molecule has 0 unspecified atom stereocenters. The monoisotopic (exact) mass is 272 g/mol. The van der Waals surface area contributed by atoms with Crippen molar-refractivity contribution in [3.05, 3.63) is 47.3 Å². The highest BCUT2D eigenvalue weighted by Crippen LogP contribution is 2.27. The van der Waals surface area contributed by atoms with Crippen molar-refractivity contribution >= 4 is 17.3 Å². The molecule has 19 heavy (non-hydrogen) atoms. The third-order valence-electron chi connectivity index (χ3n) is 2.48. The minimum absolute atomic E-state index is 0.251. The van der Waals surface area contributed by atoms with Gasteiger partial charge in [0.05, 0.1) is 4.88 Å². The minimum atomic E-state index is -0.956. The van der Waals surface area contributed by atoms with E-state index in [1.165, 1.54) is 6.07 Å². The van der Waals surface area contributed by atoms with Crippen LogP contribution in [0.2, 0.25) is 0 Å². The molecule has 6 heteroatoms. The van der Waals surface area contributed by atoms with Crippen molar-refractivity contribution < 1.29 is 14.4 Å². The van der Waals surface area contributed by atoms with E-state index in [0.29, 0.717) is 16.6 Å². The van der Waals surface area contributed by atoms with Gasteiger partial charge in [-0.05, 0) is 24.3 Å². The number of rotatable bonds is 3. The first-order valence-corrected chi connectivity index (χ1v) is 6.28. The van der Waals surface area contributed by atoms with Crippen molar-refractivity contribution in [1.82, 2.24) is 10.1 Å². The van der Waals surface area contributed by atoms with Crippen LogP contribution < -0.4 is 0 Å². The third-order valence-corrected chi connectivity index (χ3v) is 3.55. The Hall–Kier alpha value is -2.47. The molecule has 94 valence electrons. The Kier molecular flexibility index (Phi) is 2.85. The van der Waals surface area contributed by atoms with E-state index in [-0.39, 0.29) is 4.88 Å². The summed E-state index contributed by atoms with van der Waals surface area (Å²) in [7, 11) is 0. The van der Waals surface area contributed by atoms with Crippen LogP contribution in [0.15, 0.2) is 47.0 Å². The van der Waals surface area contributed by atoms with Crippen LogP contribution in [0.1, 0.15) is 9.67 Å². The van der Waals surface area contributed by atoms with Gasteiger partial charge in [-0.1, -0.05) is 23.4 Å². The van der Waals surface area contributed by atoms with Crippen molar-refractivity contribution in [3.8, 4) is 22.2 Å². The molecule has 3 rings (SSSR count). The van der Waals surface area contributed by atoms with Gasteiger partial charge in [0.15, 0.2) is 0 Å². The zero-order valence-corrected chi connectivity index (χ0v) is 10.4. The van der Waals surface area contributed by atoms with Gasteiger partial charge in [0.1, 0.15) is 4.88 Å². The average molecular weight is 272 g/mol. The number of hydrogen-bond donors (Lipinski definition) is 1. The van der Waals surface area contributed by atoms with E-state index < -0.39 is 5.97 Å². The van der Waals surface area contributed by atoms with Crippen LogP contribution in [0.25, 0.3) is 22.2 Å². The van der Waals surface area contributed by atoms with Crippen LogP contribution in [0, 0.1) is 0 Å². The van der Waals surface area contributed by atoms with Gasteiger partial charge < -0.3 is 9.63 Å². The van der Waals surface area contributed by atoms with E-state index >= 15 is 0 Å². The summed E-state index contributed by atoms with van der Waals surface area (Å²) in [5.74, 6) is -0.139. The fourth-order valence-electron chi connectivity index (χ4n) is 1.59. The van der Waals surface area contributed by atoms with Crippen LogP contribution in [0.5, 0.6) is 0 Å². The molecule has 2 aromatic heterocycles. The summed E-state index contributed by atoms with van der Waals surface area (Å²) in [5.41, 5.74) is 0.830. The highest BCUT2D eigenvalue weighted by Gasteiger charge is 2.14. The quantitative estimate of drug-likeness (QED) is 0.792. The van der Waals surface area contributed by atoms with Gasteiger partial charge in [-0.2, -0.15) is 4.98 Å². The van der Waals surface area contributed by atoms with E-state index in [9.17, 15) is 4.79 Å². The summed E-state index contributed by atoms with van der Waals surface area (Å²) < 4.78 is 5.17. The fourth-order valence-corrected chi connectivity index (χ4v) is 2.37. The molecule has 0 bridgehead atoms. The molecular formula is C13H8N2O3S. The predicted molar refractivity (Wildman–Crippen MR) is 70.0 cm³/mol. The summed E-state index contributed by atoms with van der Waals surface area (Å²) in [4.78, 5) is 16.0. The number of thiophene rings is 1. The van der Waals surface area contributed by atoms with Gasteiger partial charge in [0.2, 0.25) is 5.82 Å². The second-order valence-corrected chi connectivity index (χ2v) is 4.84. The van der Waals surface area contributed by atoms with Crippen molar-refractivity contribution in [3.63, 3.8) is 0 Å². The molecule has 5 nitrogen and oxygen atoms in total. The molecule has 0 aliphatic carbocycles. The first kappa shape index (κ1) is 11.6. The maximum atomic E-state index is 10.8. The van der Waals surface area contributed by atoms with E-state index in [2.05, 4.69) is 10.1 Å². The maximum Gasteiger partial charge on any atom is 0.345 e. The summed E-state index contributed by atoms with van der Waals surface area (Å²) in [6.45, 7) is 0. The Morgan fingerprint density at radius 1 is 1.16 bits per heavy atom.